The highest BCUT2D eigenvalue weighted by molar-refractivity contribution is 6.32. The average molecular weight is 266 g/mol. The van der Waals surface area contributed by atoms with Crippen LogP contribution >= 0.6 is 23.2 Å². The van der Waals surface area contributed by atoms with Crippen molar-refractivity contribution in [3.05, 3.63) is 21.7 Å². The quantitative estimate of drug-likeness (QED) is 0.579. The van der Waals surface area contributed by atoms with Crippen LogP contribution in [0.5, 0.6) is 0 Å². The zero-order valence-corrected chi connectivity index (χ0v) is 10.1. The number of hydrogen-bond acceptors (Lipinski definition) is 4. The van der Waals surface area contributed by atoms with Gasteiger partial charge in [-0.15, -0.1) is 11.6 Å². The SMILES string of the molecule is O=c1[nH]cnc(NCCCOCCCl)c1Cl. The Bertz CT molecular complexity index is 370. The van der Waals surface area contributed by atoms with E-state index < -0.39 is 0 Å². The predicted molar refractivity (Wildman–Crippen MR) is 64.5 cm³/mol. The molecule has 1 rings (SSSR count). The number of aromatic nitrogens is 2. The minimum atomic E-state index is -0.349. The molecule has 2 N–H and O–H groups in total. The number of anilines is 1. The van der Waals surface area contributed by atoms with Gasteiger partial charge in [0, 0.05) is 19.0 Å². The number of ether oxygens (including phenoxy) is 1. The summed E-state index contributed by atoms with van der Waals surface area (Å²) in [4.78, 5) is 17.4. The smallest absolute Gasteiger partial charge is 0.271 e. The lowest BCUT2D eigenvalue weighted by atomic mass is 10.4. The number of alkyl halides is 1. The van der Waals surface area contributed by atoms with Crippen LogP contribution in [-0.2, 0) is 4.74 Å². The van der Waals surface area contributed by atoms with Crippen LogP contribution in [0.4, 0.5) is 5.82 Å². The molecule has 0 radical (unpaired) electrons. The second-order valence-corrected chi connectivity index (χ2v) is 3.73. The van der Waals surface area contributed by atoms with Crippen LogP contribution in [0, 0.1) is 0 Å². The summed E-state index contributed by atoms with van der Waals surface area (Å²) < 4.78 is 5.18. The number of hydrogen-bond donors (Lipinski definition) is 2. The molecule has 0 atom stereocenters. The molecular formula is C9H13Cl2N3O2. The number of nitrogens with zero attached hydrogens (tertiary/aromatic N) is 1. The normalized spacial score (nSPS) is 10.4. The molecule has 1 aromatic rings. The summed E-state index contributed by atoms with van der Waals surface area (Å²) in [6, 6.07) is 0. The Morgan fingerprint density at radius 3 is 3.06 bits per heavy atom. The van der Waals surface area contributed by atoms with Gasteiger partial charge in [0.25, 0.3) is 5.56 Å². The molecule has 0 aliphatic heterocycles. The Morgan fingerprint density at radius 1 is 1.50 bits per heavy atom. The van der Waals surface area contributed by atoms with Crippen molar-refractivity contribution in [1.82, 2.24) is 9.97 Å². The van der Waals surface area contributed by atoms with Crippen molar-refractivity contribution in [3.63, 3.8) is 0 Å². The van der Waals surface area contributed by atoms with E-state index in [1.807, 2.05) is 0 Å². The zero-order valence-electron chi connectivity index (χ0n) is 8.63. The highest BCUT2D eigenvalue weighted by atomic mass is 35.5. The maximum absolute atomic E-state index is 11.1. The van der Waals surface area contributed by atoms with Crippen molar-refractivity contribution in [3.8, 4) is 0 Å². The van der Waals surface area contributed by atoms with Crippen molar-refractivity contribution >= 4 is 29.0 Å². The third-order valence-corrected chi connectivity index (χ3v) is 2.28. The van der Waals surface area contributed by atoms with Crippen molar-refractivity contribution in [2.45, 2.75) is 6.42 Å². The zero-order chi connectivity index (χ0) is 11.8. The average Bonchev–Trinajstić information content (AvgIpc) is 2.29. The molecule has 5 nitrogen and oxygen atoms in total. The van der Waals surface area contributed by atoms with Gasteiger partial charge in [0.1, 0.15) is 5.02 Å². The second kappa shape index (κ2) is 7.49. The van der Waals surface area contributed by atoms with Crippen LogP contribution in [0.25, 0.3) is 0 Å². The number of rotatable bonds is 7. The van der Waals surface area contributed by atoms with E-state index in [1.54, 1.807) is 0 Å². The molecule has 1 aromatic heterocycles. The fraction of sp³-hybridized carbons (Fsp3) is 0.556. The summed E-state index contributed by atoms with van der Waals surface area (Å²) in [5, 5.41) is 3.03. The van der Waals surface area contributed by atoms with Gasteiger partial charge in [-0.25, -0.2) is 4.98 Å². The molecule has 0 aromatic carbocycles. The molecule has 0 bridgehead atoms. The van der Waals surface area contributed by atoms with Gasteiger partial charge in [0.05, 0.1) is 12.9 Å². The molecule has 0 amide bonds. The molecule has 0 unspecified atom stereocenters. The Labute approximate surface area is 103 Å². The highest BCUT2D eigenvalue weighted by Crippen LogP contribution is 2.11. The molecular weight excluding hydrogens is 253 g/mol. The third kappa shape index (κ3) is 4.38. The van der Waals surface area contributed by atoms with Gasteiger partial charge < -0.3 is 15.0 Å². The molecule has 0 spiro atoms. The van der Waals surface area contributed by atoms with E-state index in [4.69, 9.17) is 27.9 Å². The molecule has 0 aliphatic rings. The molecule has 7 heteroatoms. The van der Waals surface area contributed by atoms with Crippen molar-refractivity contribution in [2.24, 2.45) is 0 Å². The number of nitrogens with one attached hydrogen (secondary N) is 2. The third-order valence-electron chi connectivity index (χ3n) is 1.78. The van der Waals surface area contributed by atoms with Crippen LogP contribution < -0.4 is 10.9 Å². The van der Waals surface area contributed by atoms with E-state index in [2.05, 4.69) is 15.3 Å². The fourth-order valence-electron chi connectivity index (χ4n) is 1.04. The molecule has 0 fully saturated rings. The van der Waals surface area contributed by atoms with Crippen molar-refractivity contribution in [1.29, 1.82) is 0 Å². The Morgan fingerprint density at radius 2 is 2.31 bits per heavy atom. The Kier molecular flexibility index (Phi) is 6.22. The van der Waals surface area contributed by atoms with Gasteiger partial charge in [-0.2, -0.15) is 0 Å². The maximum Gasteiger partial charge on any atom is 0.271 e. The molecule has 0 aliphatic carbocycles. The summed E-state index contributed by atoms with van der Waals surface area (Å²) in [5.74, 6) is 0.886. The van der Waals surface area contributed by atoms with Crippen LogP contribution in [-0.4, -0.2) is 35.6 Å². The van der Waals surface area contributed by atoms with Crippen LogP contribution in [0.3, 0.4) is 0 Å². The van der Waals surface area contributed by atoms with E-state index in [9.17, 15) is 4.79 Å². The Balaban J connectivity index is 2.27. The maximum atomic E-state index is 11.1. The minimum Gasteiger partial charge on any atom is -0.380 e. The monoisotopic (exact) mass is 265 g/mol. The van der Waals surface area contributed by atoms with E-state index in [0.717, 1.165) is 6.42 Å². The Hall–Kier alpha value is -0.780. The van der Waals surface area contributed by atoms with Gasteiger partial charge in [-0.05, 0) is 6.42 Å². The topological polar surface area (TPSA) is 67.0 Å². The van der Waals surface area contributed by atoms with Gasteiger partial charge in [-0.1, -0.05) is 11.6 Å². The standard InChI is InChI=1S/C9H13Cl2N3O2/c10-2-5-16-4-1-3-12-8-7(11)9(15)14-6-13-8/h6H,1-5H2,(H2,12,13,14,15). The number of halogens is 2. The first-order valence-corrected chi connectivity index (χ1v) is 5.77. The van der Waals surface area contributed by atoms with Crippen molar-refractivity contribution in [2.75, 3.05) is 31.0 Å². The predicted octanol–water partition coefficient (Wildman–Crippen LogP) is 1.48. The second-order valence-electron chi connectivity index (χ2n) is 2.98. The highest BCUT2D eigenvalue weighted by Gasteiger charge is 2.03. The lowest BCUT2D eigenvalue weighted by Crippen LogP contribution is -2.13. The van der Waals surface area contributed by atoms with Gasteiger partial charge in [0.2, 0.25) is 0 Å². The van der Waals surface area contributed by atoms with Crippen LogP contribution in [0.1, 0.15) is 6.42 Å². The first kappa shape index (κ1) is 13.3. The molecule has 0 saturated heterocycles. The van der Waals surface area contributed by atoms with E-state index in [-0.39, 0.29) is 10.6 Å². The van der Waals surface area contributed by atoms with Gasteiger partial charge in [-0.3, -0.25) is 4.79 Å². The molecule has 90 valence electrons. The fourth-order valence-corrected chi connectivity index (χ4v) is 1.32. The van der Waals surface area contributed by atoms with E-state index in [0.29, 0.717) is 31.5 Å². The lowest BCUT2D eigenvalue weighted by Gasteiger charge is -2.06. The van der Waals surface area contributed by atoms with E-state index >= 15 is 0 Å². The summed E-state index contributed by atoms with van der Waals surface area (Å²) in [5.41, 5.74) is -0.349. The summed E-state index contributed by atoms with van der Waals surface area (Å²) in [7, 11) is 0. The molecule has 0 saturated carbocycles. The van der Waals surface area contributed by atoms with Crippen LogP contribution in [0.15, 0.2) is 11.1 Å². The minimum absolute atomic E-state index is 0.0733. The van der Waals surface area contributed by atoms with Gasteiger partial charge in [0.15, 0.2) is 5.82 Å². The molecule has 1 heterocycles. The number of H-pyrrole nitrogens is 1. The number of aromatic amines is 1. The summed E-state index contributed by atoms with van der Waals surface area (Å²) >= 11 is 11.2. The first-order chi connectivity index (χ1) is 7.75. The molecule has 16 heavy (non-hydrogen) atoms. The first-order valence-electron chi connectivity index (χ1n) is 4.86. The van der Waals surface area contributed by atoms with E-state index in [1.165, 1.54) is 6.33 Å². The van der Waals surface area contributed by atoms with Gasteiger partial charge >= 0.3 is 0 Å². The summed E-state index contributed by atoms with van der Waals surface area (Å²) in [6.45, 7) is 1.80. The largest absolute Gasteiger partial charge is 0.380 e. The lowest BCUT2D eigenvalue weighted by molar-refractivity contribution is 0.149. The summed E-state index contributed by atoms with van der Waals surface area (Å²) in [6.07, 6.45) is 2.10. The van der Waals surface area contributed by atoms with Crippen molar-refractivity contribution < 1.29 is 4.74 Å². The van der Waals surface area contributed by atoms with Crippen LogP contribution in [0.2, 0.25) is 5.02 Å².